The molecule has 378 valence electrons. The topological polar surface area (TPSA) is 111 Å². The number of hydrogen-bond acceptors (Lipinski definition) is 8. The number of unbranched alkanes of at least 4 members (excludes halogenated alkanes) is 16. The zero-order chi connectivity index (χ0) is 48.5. The van der Waals surface area contributed by atoms with Crippen molar-refractivity contribution in [2.24, 2.45) is 0 Å². The smallest absolute Gasteiger partial charge is 0.306 e. The summed E-state index contributed by atoms with van der Waals surface area (Å²) < 4.78 is 34.0. The average molecular weight is 942 g/mol. The summed E-state index contributed by atoms with van der Waals surface area (Å²) in [6.07, 6.45) is 63.1. The van der Waals surface area contributed by atoms with Gasteiger partial charge in [-0.05, 0) is 89.9 Å². The maximum atomic E-state index is 12.8. The minimum atomic E-state index is -4.65. The Kier molecular flexibility index (Phi) is 44.8. The minimum Gasteiger partial charge on any atom is -0.756 e. The van der Waals surface area contributed by atoms with Gasteiger partial charge in [0, 0.05) is 12.8 Å². The highest BCUT2D eigenvalue weighted by Crippen LogP contribution is 2.38. The molecule has 66 heavy (non-hydrogen) atoms. The van der Waals surface area contributed by atoms with Gasteiger partial charge in [-0.1, -0.05) is 188 Å². The standard InChI is InChI=1S/C56H96NO8P/c1-6-8-10-12-14-16-18-20-22-23-24-25-26-27-28-29-30-31-32-33-35-37-39-41-43-45-47-49-56(59)65-54(53-64-66(60,61)63-51-50-57(3,4)5)52-62-55(58)48-46-44-42-40-38-36-34-21-19-17-15-13-11-9-7-2/h8-11,14-17,20-22,24-25,34,38,40,54H,6-7,12-13,18-19,23,26-33,35-37,39,41-53H2,1-5H3/b10-8-,11-9-,16-14-,17-15-,22-20-,25-24-,34-21-,40-38-. The van der Waals surface area contributed by atoms with E-state index < -0.39 is 32.5 Å². The summed E-state index contributed by atoms with van der Waals surface area (Å²) in [6.45, 7) is 3.95. The Morgan fingerprint density at radius 3 is 1.24 bits per heavy atom. The Bertz CT molecular complexity index is 1440. The van der Waals surface area contributed by atoms with Crippen molar-refractivity contribution in [2.45, 2.75) is 200 Å². The van der Waals surface area contributed by atoms with E-state index in [-0.39, 0.29) is 26.1 Å². The number of likely N-dealkylation sites (N-methyl/N-ethyl adjacent to an activating group) is 1. The number of ether oxygens (including phenoxy) is 2. The van der Waals surface area contributed by atoms with Crippen molar-refractivity contribution < 1.29 is 42.1 Å². The SMILES string of the molecule is CC/C=C\C/C=C\C/C=C\C/C=C\CCCCCCCCCCCCCCCCC(=O)OC(COC(=O)CCCC/C=C\C/C=C\C/C=C\C/C=C\CC)COP(=O)([O-])OCC[N+](C)(C)C. The van der Waals surface area contributed by atoms with E-state index in [1.807, 2.05) is 21.1 Å². The third-order valence-corrected chi connectivity index (χ3v) is 11.6. The molecule has 0 amide bonds. The lowest BCUT2D eigenvalue weighted by atomic mass is 10.0. The fourth-order valence-electron chi connectivity index (χ4n) is 6.64. The van der Waals surface area contributed by atoms with E-state index in [4.69, 9.17) is 18.5 Å². The maximum absolute atomic E-state index is 12.8. The molecule has 0 aromatic carbocycles. The Balaban J connectivity index is 4.23. The first-order valence-electron chi connectivity index (χ1n) is 25.9. The van der Waals surface area contributed by atoms with Gasteiger partial charge in [-0.3, -0.25) is 14.2 Å². The van der Waals surface area contributed by atoms with Crippen LogP contribution in [0.15, 0.2) is 97.2 Å². The number of esters is 2. The largest absolute Gasteiger partial charge is 0.756 e. The maximum Gasteiger partial charge on any atom is 0.306 e. The lowest BCUT2D eigenvalue weighted by Crippen LogP contribution is -2.37. The van der Waals surface area contributed by atoms with Crippen molar-refractivity contribution in [2.75, 3.05) is 47.5 Å². The van der Waals surface area contributed by atoms with E-state index in [1.165, 1.54) is 70.6 Å². The summed E-state index contributed by atoms with van der Waals surface area (Å²) in [5.74, 6) is -0.888. The Morgan fingerprint density at radius 1 is 0.470 bits per heavy atom. The molecular formula is C56H96NO8P. The predicted octanol–water partition coefficient (Wildman–Crippen LogP) is 15.1. The zero-order valence-corrected chi connectivity index (χ0v) is 43.5. The molecule has 0 N–H and O–H groups in total. The molecule has 0 heterocycles. The molecule has 0 radical (unpaired) electrons. The van der Waals surface area contributed by atoms with E-state index in [9.17, 15) is 19.0 Å². The van der Waals surface area contributed by atoms with Crippen LogP contribution in [0.3, 0.4) is 0 Å². The first-order valence-corrected chi connectivity index (χ1v) is 27.4. The molecular weight excluding hydrogens is 846 g/mol. The van der Waals surface area contributed by atoms with Gasteiger partial charge in [-0.15, -0.1) is 0 Å². The van der Waals surface area contributed by atoms with Crippen LogP contribution in [0.25, 0.3) is 0 Å². The van der Waals surface area contributed by atoms with E-state index >= 15 is 0 Å². The monoisotopic (exact) mass is 942 g/mol. The Labute approximate surface area is 404 Å². The Morgan fingerprint density at radius 2 is 0.818 bits per heavy atom. The molecule has 0 fully saturated rings. The molecule has 2 atom stereocenters. The van der Waals surface area contributed by atoms with Gasteiger partial charge in [0.15, 0.2) is 6.10 Å². The lowest BCUT2D eigenvalue weighted by molar-refractivity contribution is -0.870. The molecule has 0 bridgehead atoms. The number of quaternary nitrogens is 1. The molecule has 0 saturated heterocycles. The van der Waals surface area contributed by atoms with Crippen LogP contribution in [-0.4, -0.2) is 70.0 Å². The van der Waals surface area contributed by atoms with Gasteiger partial charge in [0.05, 0.1) is 27.7 Å². The van der Waals surface area contributed by atoms with Gasteiger partial charge in [0.25, 0.3) is 7.82 Å². The summed E-state index contributed by atoms with van der Waals surface area (Å²) in [7, 11) is 1.13. The number of nitrogens with zero attached hydrogens (tertiary/aromatic N) is 1. The second-order valence-electron chi connectivity index (χ2n) is 18.1. The summed E-state index contributed by atoms with van der Waals surface area (Å²) in [5, 5.41) is 0. The number of carbonyl (C=O) groups excluding carboxylic acids is 2. The highest BCUT2D eigenvalue weighted by atomic mass is 31.2. The molecule has 0 aromatic heterocycles. The van der Waals surface area contributed by atoms with Gasteiger partial charge in [-0.2, -0.15) is 0 Å². The quantitative estimate of drug-likeness (QED) is 0.0195. The van der Waals surface area contributed by atoms with Crippen molar-refractivity contribution in [3.63, 3.8) is 0 Å². The minimum absolute atomic E-state index is 0.0421. The molecule has 0 aromatic rings. The lowest BCUT2D eigenvalue weighted by Gasteiger charge is -2.28. The van der Waals surface area contributed by atoms with Crippen LogP contribution in [-0.2, 0) is 32.7 Å². The van der Waals surface area contributed by atoms with Crippen LogP contribution < -0.4 is 4.89 Å². The van der Waals surface area contributed by atoms with E-state index in [0.717, 1.165) is 83.5 Å². The predicted molar refractivity (Wildman–Crippen MR) is 277 cm³/mol. The van der Waals surface area contributed by atoms with Gasteiger partial charge in [0.1, 0.15) is 19.8 Å². The molecule has 0 rings (SSSR count). The van der Waals surface area contributed by atoms with Crippen LogP contribution in [0.4, 0.5) is 0 Å². The highest BCUT2D eigenvalue weighted by Gasteiger charge is 2.21. The van der Waals surface area contributed by atoms with Crippen molar-refractivity contribution in [1.82, 2.24) is 0 Å². The summed E-state index contributed by atoms with van der Waals surface area (Å²) >= 11 is 0. The third-order valence-electron chi connectivity index (χ3n) is 10.6. The second kappa shape index (κ2) is 47.0. The van der Waals surface area contributed by atoms with Crippen molar-refractivity contribution in [3.8, 4) is 0 Å². The van der Waals surface area contributed by atoms with Crippen molar-refractivity contribution >= 4 is 19.8 Å². The van der Waals surface area contributed by atoms with Gasteiger partial charge in [0.2, 0.25) is 0 Å². The number of phosphoric ester groups is 1. The third kappa shape index (κ3) is 50.3. The fraction of sp³-hybridized carbons (Fsp3) is 0.679. The molecule has 10 heteroatoms. The first kappa shape index (κ1) is 62.9. The summed E-state index contributed by atoms with van der Waals surface area (Å²) in [5.41, 5.74) is 0. The van der Waals surface area contributed by atoms with Crippen LogP contribution in [0.2, 0.25) is 0 Å². The van der Waals surface area contributed by atoms with Crippen LogP contribution in [0, 0.1) is 0 Å². The summed E-state index contributed by atoms with van der Waals surface area (Å²) in [4.78, 5) is 37.7. The highest BCUT2D eigenvalue weighted by molar-refractivity contribution is 7.45. The van der Waals surface area contributed by atoms with Gasteiger partial charge < -0.3 is 27.9 Å². The van der Waals surface area contributed by atoms with Gasteiger partial charge >= 0.3 is 11.9 Å². The van der Waals surface area contributed by atoms with E-state index in [0.29, 0.717) is 23.9 Å². The summed E-state index contributed by atoms with van der Waals surface area (Å²) in [6, 6.07) is 0. The number of phosphoric acid groups is 1. The normalized spacial score (nSPS) is 14.2. The van der Waals surface area contributed by atoms with Crippen molar-refractivity contribution in [3.05, 3.63) is 97.2 Å². The number of rotatable bonds is 46. The van der Waals surface area contributed by atoms with E-state index in [2.05, 4.69) is 111 Å². The average Bonchev–Trinajstić information content (AvgIpc) is 3.27. The fourth-order valence-corrected chi connectivity index (χ4v) is 7.37. The zero-order valence-electron chi connectivity index (χ0n) is 42.6. The Hall–Kier alpha value is -3.07. The molecule has 0 aliphatic carbocycles. The number of hydrogen-bond donors (Lipinski definition) is 0. The van der Waals surface area contributed by atoms with Crippen LogP contribution >= 0.6 is 7.82 Å². The molecule has 0 aliphatic rings. The van der Waals surface area contributed by atoms with Crippen LogP contribution in [0.1, 0.15) is 194 Å². The second-order valence-corrected chi connectivity index (χ2v) is 19.5. The molecule has 9 nitrogen and oxygen atoms in total. The molecule has 0 saturated carbocycles. The van der Waals surface area contributed by atoms with Crippen molar-refractivity contribution in [1.29, 1.82) is 0 Å². The number of allylic oxidation sites excluding steroid dienone is 16. The van der Waals surface area contributed by atoms with Gasteiger partial charge in [-0.25, -0.2) is 0 Å². The molecule has 0 aliphatic heterocycles. The molecule has 2 unspecified atom stereocenters. The molecule has 0 spiro atoms. The first-order chi connectivity index (χ1) is 32.0. The number of carbonyl (C=O) groups is 2. The van der Waals surface area contributed by atoms with E-state index in [1.54, 1.807) is 0 Å². The van der Waals surface area contributed by atoms with Crippen LogP contribution in [0.5, 0.6) is 0 Å².